The van der Waals surface area contributed by atoms with Crippen LogP contribution in [0.5, 0.6) is 17.2 Å². The Balaban J connectivity index is 2.03. The Morgan fingerprint density at radius 1 is 1.14 bits per heavy atom. The van der Waals surface area contributed by atoms with Crippen LogP contribution in [0, 0.1) is 6.92 Å². The van der Waals surface area contributed by atoms with Crippen molar-refractivity contribution in [1.29, 1.82) is 0 Å². The fraction of sp³-hybridized carbons (Fsp3) is 0.450. The van der Waals surface area contributed by atoms with Gasteiger partial charge in [-0.1, -0.05) is 6.07 Å². The smallest absolute Gasteiger partial charge is 0.229 e. The van der Waals surface area contributed by atoms with Crippen LogP contribution in [-0.4, -0.2) is 75.7 Å². The van der Waals surface area contributed by atoms with Crippen LogP contribution in [-0.2, 0) is 4.74 Å². The van der Waals surface area contributed by atoms with Crippen molar-refractivity contribution in [2.24, 2.45) is 0 Å². The quantitative estimate of drug-likeness (QED) is 0.439. The maximum absolute atomic E-state index is 11.9. The molecule has 9 nitrogen and oxygen atoms in total. The fourth-order valence-electron chi connectivity index (χ4n) is 3.57. The Hall–Kier alpha value is -2.43. The first kappa shape index (κ1) is 21.3. The van der Waals surface area contributed by atoms with Gasteiger partial charge < -0.3 is 39.7 Å². The number of Topliss-reactive ketones (excluding diaryl/α,β-unsaturated/α-hetero) is 1. The van der Waals surface area contributed by atoms with Gasteiger partial charge in [-0.3, -0.25) is 4.79 Å². The number of ether oxygens (including phenoxy) is 3. The van der Waals surface area contributed by atoms with E-state index in [4.69, 9.17) is 14.2 Å². The van der Waals surface area contributed by atoms with Crippen LogP contribution < -0.4 is 9.47 Å². The minimum Gasteiger partial charge on any atom is -0.506 e. The lowest BCUT2D eigenvalue weighted by molar-refractivity contribution is -0.277. The van der Waals surface area contributed by atoms with Gasteiger partial charge in [-0.05, 0) is 30.9 Å². The second kappa shape index (κ2) is 8.13. The van der Waals surface area contributed by atoms with Gasteiger partial charge in [-0.15, -0.1) is 0 Å². The third kappa shape index (κ3) is 3.75. The molecule has 0 saturated carbocycles. The lowest BCUT2D eigenvalue weighted by atomic mass is 9.97. The zero-order chi connectivity index (χ0) is 21.5. The van der Waals surface area contributed by atoms with Gasteiger partial charge in [0.15, 0.2) is 5.78 Å². The summed E-state index contributed by atoms with van der Waals surface area (Å²) >= 11 is 0. The number of carbonyl (C=O) groups excluding carboxylic acids is 1. The minimum absolute atomic E-state index is 0.188. The molecule has 9 heteroatoms. The number of fused-ring (bicyclic) bond motifs is 1. The lowest BCUT2D eigenvalue weighted by Crippen LogP contribution is -2.60. The molecule has 0 spiro atoms. The molecule has 3 rings (SSSR count). The Morgan fingerprint density at radius 2 is 1.83 bits per heavy atom. The third-order valence-corrected chi connectivity index (χ3v) is 5.02. The average molecular weight is 408 g/mol. The van der Waals surface area contributed by atoms with Gasteiger partial charge >= 0.3 is 0 Å². The van der Waals surface area contributed by atoms with Crippen molar-refractivity contribution < 1.29 is 44.5 Å². The van der Waals surface area contributed by atoms with E-state index in [1.165, 1.54) is 20.1 Å². The molecule has 1 aliphatic heterocycles. The fourth-order valence-corrected chi connectivity index (χ4v) is 3.57. The van der Waals surface area contributed by atoms with Crippen LogP contribution in [0.15, 0.2) is 18.2 Å². The first-order valence-corrected chi connectivity index (χ1v) is 9.02. The van der Waals surface area contributed by atoms with E-state index in [0.29, 0.717) is 16.3 Å². The van der Waals surface area contributed by atoms with Crippen LogP contribution in [0.25, 0.3) is 10.8 Å². The maximum atomic E-state index is 11.9. The summed E-state index contributed by atoms with van der Waals surface area (Å²) in [5, 5.41) is 50.7. The van der Waals surface area contributed by atoms with Crippen LogP contribution >= 0.6 is 0 Å². The van der Waals surface area contributed by atoms with Crippen molar-refractivity contribution >= 4 is 16.6 Å². The highest BCUT2D eigenvalue weighted by Crippen LogP contribution is 2.41. The first-order chi connectivity index (χ1) is 13.7. The van der Waals surface area contributed by atoms with Crippen molar-refractivity contribution in [3.63, 3.8) is 0 Å². The van der Waals surface area contributed by atoms with Crippen molar-refractivity contribution in [2.75, 3.05) is 13.7 Å². The summed E-state index contributed by atoms with van der Waals surface area (Å²) in [7, 11) is 1.39. The van der Waals surface area contributed by atoms with Gasteiger partial charge in [0.25, 0.3) is 0 Å². The van der Waals surface area contributed by atoms with E-state index >= 15 is 0 Å². The van der Waals surface area contributed by atoms with Crippen LogP contribution in [0.1, 0.15) is 22.8 Å². The molecule has 158 valence electrons. The van der Waals surface area contributed by atoms with Crippen molar-refractivity contribution in [2.45, 2.75) is 44.6 Å². The normalized spacial score (nSPS) is 27.1. The van der Waals surface area contributed by atoms with Crippen LogP contribution in [0.3, 0.4) is 0 Å². The molecule has 1 fully saturated rings. The summed E-state index contributed by atoms with van der Waals surface area (Å²) in [6.45, 7) is 2.47. The predicted octanol–water partition coefficient (Wildman–Crippen LogP) is 0.244. The highest BCUT2D eigenvalue weighted by atomic mass is 16.7. The van der Waals surface area contributed by atoms with Crippen molar-refractivity contribution in [3.8, 4) is 17.2 Å². The molecule has 2 aromatic rings. The molecule has 5 atom stereocenters. The molecule has 1 saturated heterocycles. The van der Waals surface area contributed by atoms with E-state index in [9.17, 15) is 30.3 Å². The molecule has 0 aliphatic carbocycles. The molecule has 0 unspecified atom stereocenters. The molecule has 0 bridgehead atoms. The van der Waals surface area contributed by atoms with E-state index in [1.54, 1.807) is 19.1 Å². The number of benzene rings is 2. The Bertz CT molecular complexity index is 924. The van der Waals surface area contributed by atoms with Gasteiger partial charge in [-0.2, -0.15) is 0 Å². The number of rotatable bonds is 5. The van der Waals surface area contributed by atoms with E-state index in [1.807, 2.05) is 0 Å². The van der Waals surface area contributed by atoms with Gasteiger partial charge in [0, 0.05) is 6.07 Å². The molecular weight excluding hydrogens is 384 g/mol. The van der Waals surface area contributed by atoms with E-state index in [-0.39, 0.29) is 28.6 Å². The summed E-state index contributed by atoms with van der Waals surface area (Å²) < 4.78 is 16.3. The number of ketones is 1. The second-order valence-corrected chi connectivity index (χ2v) is 7.01. The number of aliphatic hydroxyl groups excluding tert-OH is 4. The number of hydrogen-bond donors (Lipinski definition) is 5. The third-order valence-electron chi connectivity index (χ3n) is 5.02. The number of phenols is 1. The highest BCUT2D eigenvalue weighted by molar-refractivity contribution is 6.07. The van der Waals surface area contributed by atoms with Gasteiger partial charge in [0.1, 0.15) is 41.7 Å². The van der Waals surface area contributed by atoms with E-state index in [0.717, 1.165) is 0 Å². The van der Waals surface area contributed by atoms with E-state index < -0.39 is 37.3 Å². The van der Waals surface area contributed by atoms with Gasteiger partial charge in [-0.25, -0.2) is 0 Å². The lowest BCUT2D eigenvalue weighted by Gasteiger charge is -2.39. The van der Waals surface area contributed by atoms with Gasteiger partial charge in [0.05, 0.1) is 24.7 Å². The Kier molecular flexibility index (Phi) is 5.97. The summed E-state index contributed by atoms with van der Waals surface area (Å²) in [4.78, 5) is 11.9. The maximum Gasteiger partial charge on any atom is 0.229 e. The SMILES string of the molecule is COc1cc(O[C@@H]2O[C@@H](CO)[C@H](O)[C@@H](O)[C@@H]2O)cc2cc(C)c(C(C)=O)c(O)c12. The standard InChI is InChI=1S/C20H24O9/c1-8-4-10-5-11(6-12(27-3)15(10)17(24)14(8)9(2)22)28-20-19(26)18(25)16(23)13(7-21)29-20/h4-6,13,16,18-21,23-26H,7H2,1-3H3/t13-,16-,18+,19-,20+/m0/s1. The largest absolute Gasteiger partial charge is 0.506 e. The van der Waals surface area contributed by atoms with Crippen LogP contribution in [0.2, 0.25) is 0 Å². The average Bonchev–Trinajstić information content (AvgIpc) is 2.67. The first-order valence-electron chi connectivity index (χ1n) is 9.02. The number of aromatic hydroxyl groups is 1. The van der Waals surface area contributed by atoms with E-state index in [2.05, 4.69) is 0 Å². The molecule has 29 heavy (non-hydrogen) atoms. The molecule has 1 heterocycles. The number of methoxy groups -OCH3 is 1. The second-order valence-electron chi connectivity index (χ2n) is 7.01. The number of aryl methyl sites for hydroxylation is 1. The number of hydrogen-bond acceptors (Lipinski definition) is 9. The van der Waals surface area contributed by atoms with Crippen molar-refractivity contribution in [3.05, 3.63) is 29.3 Å². The van der Waals surface area contributed by atoms with Gasteiger partial charge in [0.2, 0.25) is 6.29 Å². The molecule has 2 aromatic carbocycles. The molecule has 1 aliphatic rings. The van der Waals surface area contributed by atoms with Crippen molar-refractivity contribution in [1.82, 2.24) is 0 Å². The summed E-state index contributed by atoms with van der Waals surface area (Å²) in [6.07, 6.45) is -7.10. The molecule has 5 N–H and O–H groups in total. The molecule has 0 radical (unpaired) electrons. The highest BCUT2D eigenvalue weighted by Gasteiger charge is 2.44. The zero-order valence-electron chi connectivity index (χ0n) is 16.2. The summed E-state index contributed by atoms with van der Waals surface area (Å²) in [6, 6.07) is 4.67. The Labute approximate surface area is 166 Å². The summed E-state index contributed by atoms with van der Waals surface area (Å²) in [5.74, 6) is -0.0792. The molecule has 0 aromatic heterocycles. The molecular formula is C20H24O9. The topological polar surface area (TPSA) is 146 Å². The minimum atomic E-state index is -1.57. The van der Waals surface area contributed by atoms with Crippen LogP contribution in [0.4, 0.5) is 0 Å². The Morgan fingerprint density at radius 3 is 2.41 bits per heavy atom. The summed E-state index contributed by atoms with van der Waals surface area (Å²) in [5.41, 5.74) is 0.757. The predicted molar refractivity (Wildman–Crippen MR) is 101 cm³/mol. The number of carbonyl (C=O) groups is 1. The number of aliphatic hydroxyl groups is 4. The monoisotopic (exact) mass is 408 g/mol. The molecule has 0 amide bonds. The number of phenolic OH excluding ortho intramolecular Hbond substituents is 1. The zero-order valence-corrected chi connectivity index (χ0v) is 16.2.